The van der Waals surface area contributed by atoms with Crippen LogP contribution in [-0.2, 0) is 26.2 Å². The molecule has 2 saturated heterocycles. The van der Waals surface area contributed by atoms with E-state index in [4.69, 9.17) is 16.7 Å². The lowest BCUT2D eigenvalue weighted by molar-refractivity contribution is -0.131. The summed E-state index contributed by atoms with van der Waals surface area (Å²) in [5.74, 6) is -4.69. The van der Waals surface area contributed by atoms with Gasteiger partial charge in [-0.1, -0.05) is 47.5 Å². The van der Waals surface area contributed by atoms with Crippen molar-refractivity contribution in [3.05, 3.63) is 99.6 Å². The fraction of sp³-hybridized carbons (Fsp3) is 0.310. The second-order valence-electron chi connectivity index (χ2n) is 15.9. The van der Waals surface area contributed by atoms with E-state index in [9.17, 15) is 29.5 Å². The summed E-state index contributed by atoms with van der Waals surface area (Å²) in [6, 6.07) is 17.3. The Bertz CT molecular complexity index is 2590. The molecule has 56 heavy (non-hydrogen) atoms. The molecule has 0 unspecified atom stereocenters. The molecule has 2 aromatic heterocycles. The number of aromatic hydroxyl groups is 1. The number of phenolic OH excluding ortho intramolecular Hbond substituents is 1. The van der Waals surface area contributed by atoms with E-state index in [1.54, 1.807) is 55.1 Å². The maximum atomic E-state index is 15.2. The van der Waals surface area contributed by atoms with Gasteiger partial charge >= 0.3 is 7.12 Å². The first-order valence-electron chi connectivity index (χ1n) is 18.6. The van der Waals surface area contributed by atoms with Crippen molar-refractivity contribution in [2.45, 2.75) is 46.5 Å². The number of halogens is 1. The van der Waals surface area contributed by atoms with Gasteiger partial charge in [0.2, 0.25) is 23.6 Å². The number of thiophene rings is 1. The van der Waals surface area contributed by atoms with Crippen molar-refractivity contribution in [2.24, 2.45) is 36.1 Å². The van der Waals surface area contributed by atoms with Crippen LogP contribution in [0.2, 0.25) is 5.02 Å². The van der Waals surface area contributed by atoms with Crippen LogP contribution >= 0.6 is 22.9 Å². The smallest absolute Gasteiger partial charge is 0.488 e. The van der Waals surface area contributed by atoms with E-state index in [0.717, 1.165) is 36.6 Å². The van der Waals surface area contributed by atoms with Crippen molar-refractivity contribution >= 4 is 80.7 Å². The van der Waals surface area contributed by atoms with Gasteiger partial charge in [-0.3, -0.25) is 28.8 Å². The van der Waals surface area contributed by atoms with Crippen LogP contribution in [0.4, 0.5) is 11.5 Å². The van der Waals surface area contributed by atoms with Crippen LogP contribution in [0.5, 0.6) is 5.75 Å². The molecule has 4 heterocycles. The molecular formula is C42H38BClN4O7S. The second-order valence-corrected chi connectivity index (χ2v) is 17.3. The summed E-state index contributed by atoms with van der Waals surface area (Å²) in [4.78, 5) is 62.0. The standard InChI is InChI=1S/C42H38BClN4O7S/c1-19-13-22(14-20(2)36(19)49)35-26-10-11-27-34(40(52)47(38(27)50)25-8-6-7-23(15-25)43(54)55)29(26)17-30-39(51)48(41(53)42(30,35)4)33-18-31(45-46(33)5)37-21(3)28-16-24(44)9-12-32(28)56-37/h6-10,12-16,18,27,29-30,34-35,49,54-55H,11,17H2,1-5H3/t27-,29+,30-,34-,35-,42+/m0/s1. The minimum absolute atomic E-state index is 0.139. The zero-order valence-corrected chi connectivity index (χ0v) is 32.9. The van der Waals surface area contributed by atoms with Gasteiger partial charge in [0.1, 0.15) is 17.3 Å². The average molecular weight is 789 g/mol. The lowest BCUT2D eigenvalue weighted by atomic mass is 9.51. The van der Waals surface area contributed by atoms with Gasteiger partial charge in [-0.05, 0) is 110 Å². The SMILES string of the molecule is Cc1cc([C@H]2C3=CC[C@@H]4C(=O)N(c5cccc(B(O)O)c5)C(=O)[C@@H]4[C@@H]3C[C@H]3C(=O)N(c4cc(-c5sc6ccc(Cl)cc6c5C)nn4C)C(=O)[C@@]23C)cc(C)c1O. The molecule has 2 aliphatic heterocycles. The van der Waals surface area contributed by atoms with Crippen LogP contribution in [-0.4, -0.2) is 55.7 Å². The first-order valence-corrected chi connectivity index (χ1v) is 19.8. The monoisotopic (exact) mass is 788 g/mol. The highest BCUT2D eigenvalue weighted by molar-refractivity contribution is 7.22. The quantitative estimate of drug-likeness (QED) is 0.117. The Morgan fingerprint density at radius 1 is 0.911 bits per heavy atom. The Labute approximate surface area is 331 Å². The normalized spacial score (nSPS) is 25.9. The lowest BCUT2D eigenvalue weighted by Crippen LogP contribution is -2.49. The summed E-state index contributed by atoms with van der Waals surface area (Å²) in [7, 11) is -0.0765. The Hall–Kier alpha value is -5.08. The van der Waals surface area contributed by atoms with Crippen LogP contribution < -0.4 is 15.3 Å². The fourth-order valence-electron chi connectivity index (χ4n) is 10.1. The summed E-state index contributed by atoms with van der Waals surface area (Å²) >= 11 is 7.88. The molecule has 2 aliphatic carbocycles. The topological polar surface area (TPSA) is 153 Å². The number of amides is 4. The highest BCUT2D eigenvalue weighted by Crippen LogP contribution is 2.64. The molecule has 0 radical (unpaired) electrons. The molecule has 3 fully saturated rings. The minimum Gasteiger partial charge on any atom is -0.507 e. The molecule has 11 nitrogen and oxygen atoms in total. The Balaban J connectivity index is 1.16. The number of benzene rings is 3. The molecular weight excluding hydrogens is 751 g/mol. The van der Waals surface area contributed by atoms with Crippen molar-refractivity contribution in [1.29, 1.82) is 0 Å². The molecule has 4 amide bonds. The predicted molar refractivity (Wildman–Crippen MR) is 215 cm³/mol. The van der Waals surface area contributed by atoms with Gasteiger partial charge in [-0.25, -0.2) is 4.90 Å². The van der Waals surface area contributed by atoms with Crippen molar-refractivity contribution in [3.8, 4) is 16.3 Å². The molecule has 0 spiro atoms. The number of anilines is 2. The van der Waals surface area contributed by atoms with Gasteiger partial charge in [-0.15, -0.1) is 11.3 Å². The fourth-order valence-corrected chi connectivity index (χ4v) is 11.4. The van der Waals surface area contributed by atoms with Crippen molar-refractivity contribution in [1.82, 2.24) is 9.78 Å². The molecule has 284 valence electrons. The van der Waals surface area contributed by atoms with Gasteiger partial charge in [0.05, 0.1) is 33.7 Å². The molecule has 6 atom stereocenters. The zero-order chi connectivity index (χ0) is 39.7. The lowest BCUT2D eigenvalue weighted by Gasteiger charge is -2.49. The number of hydrogen-bond donors (Lipinski definition) is 3. The number of fused-ring (bicyclic) bond motifs is 5. The van der Waals surface area contributed by atoms with Crippen LogP contribution in [0.3, 0.4) is 0 Å². The first kappa shape index (κ1) is 36.6. The largest absolute Gasteiger partial charge is 0.507 e. The van der Waals surface area contributed by atoms with Crippen molar-refractivity contribution in [2.75, 3.05) is 9.80 Å². The number of carbonyl (C=O) groups excluding carboxylic acids is 4. The van der Waals surface area contributed by atoms with Crippen LogP contribution in [0.15, 0.2) is 72.3 Å². The van der Waals surface area contributed by atoms with Gasteiger partial charge in [0.25, 0.3) is 0 Å². The van der Waals surface area contributed by atoms with Crippen LogP contribution in [0, 0.1) is 49.9 Å². The number of carbonyl (C=O) groups is 4. The number of nitrogens with zero attached hydrogens (tertiary/aromatic N) is 4. The highest BCUT2D eigenvalue weighted by atomic mass is 35.5. The van der Waals surface area contributed by atoms with Gasteiger partial charge in [0.15, 0.2) is 0 Å². The van der Waals surface area contributed by atoms with Crippen LogP contribution in [0.1, 0.15) is 47.9 Å². The third-order valence-electron chi connectivity index (χ3n) is 12.8. The first-order chi connectivity index (χ1) is 26.6. The molecule has 9 rings (SSSR count). The molecule has 14 heteroatoms. The third kappa shape index (κ3) is 5.07. The summed E-state index contributed by atoms with van der Waals surface area (Å²) in [6.45, 7) is 7.42. The number of allylic oxidation sites excluding steroid dienone is 2. The van der Waals surface area contributed by atoms with E-state index in [0.29, 0.717) is 27.7 Å². The van der Waals surface area contributed by atoms with Crippen molar-refractivity contribution in [3.63, 3.8) is 0 Å². The van der Waals surface area contributed by atoms with Gasteiger partial charge < -0.3 is 15.2 Å². The average Bonchev–Trinajstić information content (AvgIpc) is 3.83. The predicted octanol–water partition coefficient (Wildman–Crippen LogP) is 5.70. The number of rotatable bonds is 5. The Morgan fingerprint density at radius 3 is 2.36 bits per heavy atom. The second kappa shape index (κ2) is 12.7. The third-order valence-corrected chi connectivity index (χ3v) is 14.3. The number of hydrogen-bond acceptors (Lipinski definition) is 9. The maximum Gasteiger partial charge on any atom is 0.488 e. The van der Waals surface area contributed by atoms with E-state index >= 15 is 4.79 Å². The molecule has 3 N–H and O–H groups in total. The summed E-state index contributed by atoms with van der Waals surface area (Å²) in [6.07, 6.45) is 2.40. The van der Waals surface area contributed by atoms with Gasteiger partial charge in [0, 0.05) is 28.8 Å². The number of imide groups is 2. The molecule has 5 aromatic rings. The number of aryl methyl sites for hydroxylation is 4. The molecule has 4 aliphatic rings. The Kier molecular flexibility index (Phi) is 8.30. The molecule has 0 bridgehead atoms. The van der Waals surface area contributed by atoms with Gasteiger partial charge in [-0.2, -0.15) is 5.10 Å². The molecule has 1 saturated carbocycles. The summed E-state index contributed by atoms with van der Waals surface area (Å²) < 4.78 is 2.60. The van der Waals surface area contributed by atoms with E-state index in [-0.39, 0.29) is 35.6 Å². The highest BCUT2D eigenvalue weighted by Gasteiger charge is 2.68. The summed E-state index contributed by atoms with van der Waals surface area (Å²) in [5, 5.41) is 36.9. The van der Waals surface area contributed by atoms with Crippen LogP contribution in [0.25, 0.3) is 20.7 Å². The molecule has 3 aromatic carbocycles. The maximum absolute atomic E-state index is 15.2. The minimum atomic E-state index is -1.79. The van der Waals surface area contributed by atoms with E-state index in [1.807, 2.05) is 50.3 Å². The van der Waals surface area contributed by atoms with E-state index in [1.165, 1.54) is 17.0 Å². The zero-order valence-electron chi connectivity index (χ0n) is 31.3. The van der Waals surface area contributed by atoms with E-state index < -0.39 is 59.8 Å². The number of phenols is 1. The number of aromatic nitrogens is 2. The summed E-state index contributed by atoms with van der Waals surface area (Å²) in [5.41, 5.74) is 3.51. The van der Waals surface area contributed by atoms with E-state index in [2.05, 4.69) is 0 Å². The Morgan fingerprint density at radius 2 is 1.64 bits per heavy atom. The van der Waals surface area contributed by atoms with Crippen molar-refractivity contribution < 1.29 is 34.3 Å².